The Balaban J connectivity index is 0.00000626. The molecule has 0 bridgehead atoms. The van der Waals surface area contributed by atoms with Gasteiger partial charge >= 0.3 is 0 Å². The van der Waals surface area contributed by atoms with Crippen molar-refractivity contribution in [1.82, 2.24) is 14.1 Å². The maximum absolute atomic E-state index is 8.62. The van der Waals surface area contributed by atoms with Gasteiger partial charge in [-0.2, -0.15) is 18.2 Å². The molecule has 0 amide bonds. The molecule has 1 aliphatic rings. The molecule has 0 unspecified atom stereocenters. The van der Waals surface area contributed by atoms with Gasteiger partial charge in [0.15, 0.2) is 0 Å². The van der Waals surface area contributed by atoms with Gasteiger partial charge in [0.1, 0.15) is 5.82 Å². The van der Waals surface area contributed by atoms with Crippen LogP contribution >= 0.6 is 0 Å². The first-order valence-electron chi connectivity index (χ1n) is 26.0. The molecule has 6 heteroatoms. The minimum atomic E-state index is -2.75. The van der Waals surface area contributed by atoms with E-state index in [4.69, 9.17) is 20.7 Å². The van der Waals surface area contributed by atoms with Gasteiger partial charge in [0.05, 0.1) is 23.6 Å². The molecule has 0 N–H and O–H groups in total. The van der Waals surface area contributed by atoms with Gasteiger partial charge in [0.25, 0.3) is 6.33 Å². The first kappa shape index (κ1) is 34.7. The summed E-state index contributed by atoms with van der Waals surface area (Å²) in [6.07, 6.45) is 6.12. The van der Waals surface area contributed by atoms with Crippen molar-refractivity contribution in [2.45, 2.75) is 78.0 Å². The summed E-state index contributed by atoms with van der Waals surface area (Å²) in [5.41, 5.74) is 10.6. The van der Waals surface area contributed by atoms with Gasteiger partial charge in [-0.15, -0.1) is 29.7 Å². The van der Waals surface area contributed by atoms with Gasteiger partial charge in [0, 0.05) is 54.0 Å². The molecule has 3 aromatic heterocycles. The third-order valence-corrected chi connectivity index (χ3v) is 13.0. The fourth-order valence-corrected chi connectivity index (χ4v) is 10.3. The number of benzene rings is 7. The number of hydrogen-bond acceptors (Lipinski definition) is 2. The van der Waals surface area contributed by atoms with Gasteiger partial charge < -0.3 is 13.9 Å². The minimum absolute atomic E-state index is 0. The van der Waals surface area contributed by atoms with Crippen molar-refractivity contribution in [3.8, 4) is 50.9 Å². The summed E-state index contributed by atoms with van der Waals surface area (Å²) >= 11 is 0. The standard InChI is InChI=1S/C60H52N4O.Pt/c1-39-32-56(61-36-48(39)40-18-10-9-11-19-40)64-52-25-13-12-22-46(52)47-30-29-44(35-55(47)64)65-43-21-16-20-42(34-43)62-38-63(54-27-15-14-26-53(54)62)57-45(23-17-24-50(57)58(2,3)4)41-28-31-49-51(33-41)60(7,8)37-59(49,5)6;/h9-33,36H,37H2,1-8H3;/q-2;/i1D3,9D,10D,11D,18D,19D;. The van der Waals surface area contributed by atoms with Crippen molar-refractivity contribution in [2.75, 3.05) is 0 Å². The number of aromatic nitrogens is 4. The Morgan fingerprint density at radius 2 is 1.45 bits per heavy atom. The van der Waals surface area contributed by atoms with E-state index in [9.17, 15) is 0 Å². The van der Waals surface area contributed by atoms with E-state index in [1.54, 1.807) is 4.57 Å². The van der Waals surface area contributed by atoms with Crippen LogP contribution in [0.3, 0.4) is 0 Å². The van der Waals surface area contributed by atoms with Crippen LogP contribution in [0.1, 0.15) is 88.1 Å². The molecule has 0 atom stereocenters. The summed E-state index contributed by atoms with van der Waals surface area (Å²) in [7, 11) is 0. The van der Waals surface area contributed by atoms with Crippen LogP contribution in [-0.2, 0) is 37.3 Å². The van der Waals surface area contributed by atoms with E-state index in [0.717, 1.165) is 50.6 Å². The van der Waals surface area contributed by atoms with Crippen LogP contribution in [0, 0.1) is 25.3 Å². The summed E-state index contributed by atoms with van der Waals surface area (Å²) in [6.45, 7) is 13.4. The maximum atomic E-state index is 8.62. The molecule has 0 spiro atoms. The van der Waals surface area contributed by atoms with Crippen molar-refractivity contribution in [2.24, 2.45) is 0 Å². The van der Waals surface area contributed by atoms with Crippen LogP contribution in [0.5, 0.6) is 11.5 Å². The van der Waals surface area contributed by atoms with E-state index in [1.165, 1.54) is 29.0 Å². The van der Waals surface area contributed by atoms with Crippen LogP contribution in [0.25, 0.3) is 72.3 Å². The van der Waals surface area contributed by atoms with Gasteiger partial charge in [0.2, 0.25) is 0 Å². The zero-order valence-electron chi connectivity index (χ0n) is 45.8. The zero-order valence-corrected chi connectivity index (χ0v) is 40.1. The van der Waals surface area contributed by atoms with Crippen molar-refractivity contribution in [3.63, 3.8) is 0 Å². The maximum Gasteiger partial charge on any atom is 0.268 e. The number of rotatable bonds is 7. The van der Waals surface area contributed by atoms with E-state index in [-0.39, 0.29) is 59.8 Å². The molecule has 0 saturated carbocycles. The number of ether oxygens (including phenoxy) is 1. The van der Waals surface area contributed by atoms with Gasteiger partial charge in [-0.05, 0) is 91.7 Å². The largest absolute Gasteiger partial charge is 0.510 e. The normalized spacial score (nSPS) is 16.0. The Morgan fingerprint density at radius 3 is 2.26 bits per heavy atom. The van der Waals surface area contributed by atoms with E-state index in [2.05, 4.69) is 126 Å². The fourth-order valence-electron chi connectivity index (χ4n) is 10.3. The van der Waals surface area contributed by atoms with Crippen LogP contribution in [0.2, 0.25) is 0 Å². The third-order valence-electron chi connectivity index (χ3n) is 13.0. The molecule has 330 valence electrons. The van der Waals surface area contributed by atoms with E-state index in [0.29, 0.717) is 22.7 Å². The summed E-state index contributed by atoms with van der Waals surface area (Å²) in [6, 6.07) is 44.7. The average molecular weight is 1050 g/mol. The Morgan fingerprint density at radius 1 is 0.712 bits per heavy atom. The number of para-hydroxylation sites is 4. The van der Waals surface area contributed by atoms with Crippen LogP contribution in [0.15, 0.2) is 158 Å². The molecule has 5 nitrogen and oxygen atoms in total. The SMILES string of the molecule is [2H]c1c([2H])c([2H])c(-c2cnc(-n3c4[c-]c(Oc5[c-]c(-n6[c-][n+](-c7c(-c8ccc9c(c8)C(C)(C)CC9(C)C)cccc7C(C)(C)C)c7ccccc76)ccc5)ccc4c4ccccc43)cc2C([2H])([2H])[2H])c([2H])c1[2H].[Pt]. The number of hydrogen-bond donors (Lipinski definition) is 0. The predicted octanol–water partition coefficient (Wildman–Crippen LogP) is 14.5. The Kier molecular flexibility index (Phi) is 8.48. The van der Waals surface area contributed by atoms with Crippen molar-refractivity contribution in [1.29, 1.82) is 0 Å². The Labute approximate surface area is 413 Å². The molecule has 11 rings (SSSR count). The van der Waals surface area contributed by atoms with Gasteiger partial charge in [-0.1, -0.05) is 163 Å². The molecule has 0 aliphatic heterocycles. The van der Waals surface area contributed by atoms with E-state index >= 15 is 0 Å². The first-order chi connectivity index (χ1) is 34.5. The van der Waals surface area contributed by atoms with Crippen LogP contribution in [-0.4, -0.2) is 14.1 Å². The predicted molar refractivity (Wildman–Crippen MR) is 265 cm³/mol. The zero-order chi connectivity index (χ0) is 51.7. The molecule has 0 saturated heterocycles. The van der Waals surface area contributed by atoms with Crippen LogP contribution < -0.4 is 9.30 Å². The minimum Gasteiger partial charge on any atom is -0.510 e. The van der Waals surface area contributed by atoms with Crippen LogP contribution in [0.4, 0.5) is 0 Å². The van der Waals surface area contributed by atoms with Crippen molar-refractivity contribution >= 4 is 32.8 Å². The quantitative estimate of drug-likeness (QED) is 0.118. The average Bonchev–Trinajstić information content (AvgIpc) is 3.96. The molecule has 66 heavy (non-hydrogen) atoms. The molecule has 7 aromatic carbocycles. The smallest absolute Gasteiger partial charge is 0.268 e. The molecule has 0 fully saturated rings. The second kappa shape index (κ2) is 16.1. The Bertz CT molecular complexity index is 3890. The second-order valence-corrected chi connectivity index (χ2v) is 19.4. The summed E-state index contributed by atoms with van der Waals surface area (Å²) in [5.74, 6) is 1.04. The molecular formula is C60H52N4OPt-2. The monoisotopic (exact) mass is 1050 g/mol. The fraction of sp³-hybridized carbons (Fsp3) is 0.200. The summed E-state index contributed by atoms with van der Waals surface area (Å²) < 4.78 is 80.2. The number of aryl methyl sites for hydroxylation is 1. The number of pyridine rings is 1. The Hall–Kier alpha value is -6.55. The second-order valence-electron chi connectivity index (χ2n) is 19.4. The van der Waals surface area contributed by atoms with Gasteiger partial charge in [-0.25, -0.2) is 4.98 Å². The molecule has 10 aromatic rings. The molecule has 3 heterocycles. The molecule has 1 aliphatic carbocycles. The topological polar surface area (TPSA) is 35.9 Å². The summed E-state index contributed by atoms with van der Waals surface area (Å²) in [5, 5.41) is 1.68. The number of nitrogens with zero attached hydrogens (tertiary/aromatic N) is 4. The molecular weight excluding hydrogens is 988 g/mol. The van der Waals surface area contributed by atoms with E-state index in [1.807, 2.05) is 65.2 Å². The number of fused-ring (bicyclic) bond motifs is 5. The van der Waals surface area contributed by atoms with Crippen molar-refractivity contribution in [3.05, 3.63) is 198 Å². The van der Waals surface area contributed by atoms with E-state index < -0.39 is 37.1 Å². The summed E-state index contributed by atoms with van der Waals surface area (Å²) in [4.78, 5) is 4.71. The molecule has 0 radical (unpaired) electrons. The van der Waals surface area contributed by atoms with Gasteiger partial charge in [-0.3, -0.25) is 4.57 Å². The van der Waals surface area contributed by atoms with Crippen molar-refractivity contribution < 1.29 is 41.3 Å². The number of imidazole rings is 1. The first-order valence-corrected chi connectivity index (χ1v) is 22.0. The third kappa shape index (κ3) is 7.29.